The number of aryl methyl sites for hydroxylation is 1. The van der Waals surface area contributed by atoms with Crippen LogP contribution in [0.5, 0.6) is 0 Å². The van der Waals surface area contributed by atoms with Gasteiger partial charge in [-0.3, -0.25) is 0 Å². The van der Waals surface area contributed by atoms with E-state index in [1.165, 1.54) is 0 Å². The molecule has 1 aromatic heterocycles. The molecule has 3 heteroatoms. The second kappa shape index (κ2) is 5.31. The maximum Gasteiger partial charge on any atom is 0.122 e. The zero-order valence-corrected chi connectivity index (χ0v) is 10.4. The standard InChI is InChI=1S/C12H23N3/c1-5-8-15-9-7-13-11(15)10-14-12(3,4)6-2/h7,9,14H,5-6,8,10H2,1-4H3. The summed E-state index contributed by atoms with van der Waals surface area (Å²) in [6, 6.07) is 0. The van der Waals surface area contributed by atoms with Gasteiger partial charge in [0.25, 0.3) is 0 Å². The van der Waals surface area contributed by atoms with Crippen molar-refractivity contribution in [3.63, 3.8) is 0 Å². The normalized spacial score (nSPS) is 12.0. The number of hydrogen-bond donors (Lipinski definition) is 1. The molecule has 3 nitrogen and oxygen atoms in total. The molecule has 15 heavy (non-hydrogen) atoms. The molecule has 1 rings (SSSR count). The number of aromatic nitrogens is 2. The van der Waals surface area contributed by atoms with E-state index in [-0.39, 0.29) is 5.54 Å². The minimum absolute atomic E-state index is 0.197. The first-order valence-electron chi connectivity index (χ1n) is 5.84. The van der Waals surface area contributed by atoms with Gasteiger partial charge in [-0.15, -0.1) is 0 Å². The first-order valence-corrected chi connectivity index (χ1v) is 5.84. The zero-order chi connectivity index (χ0) is 11.3. The van der Waals surface area contributed by atoms with Crippen LogP contribution in [0.15, 0.2) is 12.4 Å². The van der Waals surface area contributed by atoms with Gasteiger partial charge in [0.15, 0.2) is 0 Å². The second-order valence-electron chi connectivity index (χ2n) is 4.63. The van der Waals surface area contributed by atoms with E-state index in [2.05, 4.69) is 48.8 Å². The molecule has 0 aliphatic carbocycles. The van der Waals surface area contributed by atoms with Gasteiger partial charge in [0.1, 0.15) is 5.82 Å². The van der Waals surface area contributed by atoms with Crippen molar-refractivity contribution in [1.82, 2.24) is 14.9 Å². The largest absolute Gasteiger partial charge is 0.334 e. The topological polar surface area (TPSA) is 29.9 Å². The lowest BCUT2D eigenvalue weighted by Crippen LogP contribution is -2.38. The maximum absolute atomic E-state index is 4.37. The van der Waals surface area contributed by atoms with Gasteiger partial charge in [-0.1, -0.05) is 13.8 Å². The predicted octanol–water partition coefficient (Wildman–Crippen LogP) is 2.57. The average molecular weight is 209 g/mol. The lowest BCUT2D eigenvalue weighted by Gasteiger charge is -2.24. The van der Waals surface area contributed by atoms with Gasteiger partial charge in [-0.05, 0) is 26.7 Å². The number of nitrogens with one attached hydrogen (secondary N) is 1. The van der Waals surface area contributed by atoms with E-state index in [0.717, 1.165) is 31.8 Å². The second-order valence-corrected chi connectivity index (χ2v) is 4.63. The Labute approximate surface area is 92.9 Å². The fourth-order valence-electron chi connectivity index (χ4n) is 1.40. The third-order valence-corrected chi connectivity index (χ3v) is 2.88. The molecule has 0 atom stereocenters. The number of hydrogen-bond acceptors (Lipinski definition) is 2. The molecule has 0 saturated heterocycles. The van der Waals surface area contributed by atoms with Gasteiger partial charge in [-0.2, -0.15) is 0 Å². The molecule has 0 aliphatic rings. The highest BCUT2D eigenvalue weighted by Crippen LogP contribution is 2.08. The van der Waals surface area contributed by atoms with Gasteiger partial charge in [0.2, 0.25) is 0 Å². The fourth-order valence-corrected chi connectivity index (χ4v) is 1.40. The van der Waals surface area contributed by atoms with Crippen LogP contribution >= 0.6 is 0 Å². The third kappa shape index (κ3) is 3.67. The highest BCUT2D eigenvalue weighted by atomic mass is 15.1. The highest BCUT2D eigenvalue weighted by molar-refractivity contribution is 4.93. The molecule has 86 valence electrons. The summed E-state index contributed by atoms with van der Waals surface area (Å²) in [5.74, 6) is 1.14. The van der Waals surface area contributed by atoms with E-state index in [1.54, 1.807) is 0 Å². The maximum atomic E-state index is 4.37. The molecule has 0 aliphatic heterocycles. The SMILES string of the molecule is CCCn1ccnc1CNC(C)(C)CC. The van der Waals surface area contributed by atoms with Gasteiger partial charge in [0, 0.05) is 24.5 Å². The molecule has 0 fully saturated rings. The summed E-state index contributed by atoms with van der Waals surface area (Å²) in [6.45, 7) is 10.7. The quantitative estimate of drug-likeness (QED) is 0.780. The molecule has 1 aromatic rings. The molecule has 0 unspecified atom stereocenters. The first-order chi connectivity index (χ1) is 7.09. The Balaban J connectivity index is 2.53. The van der Waals surface area contributed by atoms with Gasteiger partial charge < -0.3 is 9.88 Å². The van der Waals surface area contributed by atoms with E-state index in [9.17, 15) is 0 Å². The van der Waals surface area contributed by atoms with Gasteiger partial charge in [0.05, 0.1) is 6.54 Å². The van der Waals surface area contributed by atoms with Crippen LogP contribution in [0, 0.1) is 0 Å². The monoisotopic (exact) mass is 209 g/mol. The third-order valence-electron chi connectivity index (χ3n) is 2.88. The van der Waals surface area contributed by atoms with Crippen LogP contribution in [-0.2, 0) is 13.1 Å². The van der Waals surface area contributed by atoms with E-state index >= 15 is 0 Å². The van der Waals surface area contributed by atoms with Crippen molar-refractivity contribution in [2.24, 2.45) is 0 Å². The van der Waals surface area contributed by atoms with Crippen molar-refractivity contribution < 1.29 is 0 Å². The van der Waals surface area contributed by atoms with Crippen LogP contribution < -0.4 is 5.32 Å². The Morgan fingerprint density at radius 3 is 2.73 bits per heavy atom. The van der Waals surface area contributed by atoms with Gasteiger partial charge >= 0.3 is 0 Å². The smallest absolute Gasteiger partial charge is 0.122 e. The van der Waals surface area contributed by atoms with Crippen LogP contribution in [0.1, 0.15) is 46.4 Å². The number of rotatable bonds is 6. The van der Waals surface area contributed by atoms with Gasteiger partial charge in [-0.25, -0.2) is 4.98 Å². The minimum Gasteiger partial charge on any atom is -0.334 e. The number of nitrogens with zero attached hydrogens (tertiary/aromatic N) is 2. The number of imidazole rings is 1. The first kappa shape index (κ1) is 12.2. The van der Waals surface area contributed by atoms with Crippen molar-refractivity contribution in [3.05, 3.63) is 18.2 Å². The summed E-state index contributed by atoms with van der Waals surface area (Å²) in [6.07, 6.45) is 6.22. The van der Waals surface area contributed by atoms with Crippen molar-refractivity contribution >= 4 is 0 Å². The van der Waals surface area contributed by atoms with Crippen LogP contribution in [0.25, 0.3) is 0 Å². The predicted molar refractivity (Wildman–Crippen MR) is 63.7 cm³/mol. The van der Waals surface area contributed by atoms with Crippen molar-refractivity contribution in [2.75, 3.05) is 0 Å². The molecule has 0 radical (unpaired) electrons. The Kier molecular flexibility index (Phi) is 4.33. The summed E-state index contributed by atoms with van der Waals surface area (Å²) in [4.78, 5) is 4.37. The fraction of sp³-hybridized carbons (Fsp3) is 0.750. The Morgan fingerprint density at radius 2 is 2.13 bits per heavy atom. The van der Waals surface area contributed by atoms with Crippen molar-refractivity contribution in [2.45, 2.75) is 59.2 Å². The van der Waals surface area contributed by atoms with E-state index in [4.69, 9.17) is 0 Å². The summed E-state index contributed by atoms with van der Waals surface area (Å²) in [7, 11) is 0. The Bertz CT molecular complexity index is 289. The summed E-state index contributed by atoms with van der Waals surface area (Å²) < 4.78 is 2.22. The summed E-state index contributed by atoms with van der Waals surface area (Å²) in [5.41, 5.74) is 0.197. The van der Waals surface area contributed by atoms with E-state index in [0.29, 0.717) is 0 Å². The zero-order valence-electron chi connectivity index (χ0n) is 10.4. The molecule has 0 aromatic carbocycles. The van der Waals surface area contributed by atoms with Crippen LogP contribution in [0.3, 0.4) is 0 Å². The molecule has 0 bridgehead atoms. The van der Waals surface area contributed by atoms with E-state index < -0.39 is 0 Å². The molecule has 0 spiro atoms. The Morgan fingerprint density at radius 1 is 1.40 bits per heavy atom. The van der Waals surface area contributed by atoms with Crippen LogP contribution in [-0.4, -0.2) is 15.1 Å². The lowest BCUT2D eigenvalue weighted by molar-refractivity contribution is 0.365. The summed E-state index contributed by atoms with van der Waals surface area (Å²) in [5, 5.41) is 3.53. The Hall–Kier alpha value is -0.830. The lowest BCUT2D eigenvalue weighted by atomic mass is 10.0. The van der Waals surface area contributed by atoms with Crippen molar-refractivity contribution in [1.29, 1.82) is 0 Å². The molecule has 0 saturated carbocycles. The molecule has 1 heterocycles. The molecule has 1 N–H and O–H groups in total. The summed E-state index contributed by atoms with van der Waals surface area (Å²) >= 11 is 0. The minimum atomic E-state index is 0.197. The van der Waals surface area contributed by atoms with Crippen LogP contribution in [0.4, 0.5) is 0 Å². The van der Waals surface area contributed by atoms with Crippen LogP contribution in [0.2, 0.25) is 0 Å². The van der Waals surface area contributed by atoms with Crippen molar-refractivity contribution in [3.8, 4) is 0 Å². The molecule has 0 amide bonds. The highest BCUT2D eigenvalue weighted by Gasteiger charge is 2.14. The van der Waals surface area contributed by atoms with E-state index in [1.807, 2.05) is 6.20 Å². The molecular formula is C12H23N3. The molecular weight excluding hydrogens is 186 g/mol. The average Bonchev–Trinajstić information content (AvgIpc) is 2.64.